The van der Waals surface area contributed by atoms with Crippen LogP contribution in [0.2, 0.25) is 0 Å². The van der Waals surface area contributed by atoms with Gasteiger partial charge in [0.05, 0.1) is 17.6 Å². The van der Waals surface area contributed by atoms with Crippen LogP contribution in [0.15, 0.2) is 65.4 Å². The zero-order valence-electron chi connectivity index (χ0n) is 12.1. The van der Waals surface area contributed by atoms with Crippen LogP contribution in [0.3, 0.4) is 0 Å². The molecular weight excluding hydrogens is 262 g/mol. The Balaban J connectivity index is 1.55. The highest BCUT2D eigenvalue weighted by Crippen LogP contribution is 2.08. The molecule has 1 atom stereocenters. The van der Waals surface area contributed by atoms with Crippen molar-refractivity contribution >= 4 is 0 Å². The Bertz CT molecular complexity index is 658. The first-order chi connectivity index (χ1) is 10.3. The Kier molecular flexibility index (Phi) is 4.17. The lowest BCUT2D eigenvalue weighted by molar-refractivity contribution is 0.454. The topological polar surface area (TPSA) is 43.0 Å². The molecule has 1 N–H and O–H groups in total. The number of para-hydroxylation sites is 1. The number of furan rings is 1. The van der Waals surface area contributed by atoms with Crippen molar-refractivity contribution < 1.29 is 4.42 Å². The van der Waals surface area contributed by atoms with Crippen molar-refractivity contribution in [1.29, 1.82) is 0 Å². The predicted molar refractivity (Wildman–Crippen MR) is 82.3 cm³/mol. The highest BCUT2D eigenvalue weighted by molar-refractivity contribution is 5.30. The third kappa shape index (κ3) is 3.61. The molecular formula is C17H19N3O. The van der Waals surface area contributed by atoms with Gasteiger partial charge in [-0.05, 0) is 37.3 Å². The summed E-state index contributed by atoms with van der Waals surface area (Å²) in [6.07, 6.45) is 4.58. The van der Waals surface area contributed by atoms with E-state index in [2.05, 4.69) is 17.3 Å². The van der Waals surface area contributed by atoms with Gasteiger partial charge >= 0.3 is 0 Å². The highest BCUT2D eigenvalue weighted by Gasteiger charge is 2.07. The molecule has 0 aliphatic carbocycles. The number of hydrogen-bond donors (Lipinski definition) is 1. The van der Waals surface area contributed by atoms with Gasteiger partial charge in [-0.1, -0.05) is 18.2 Å². The van der Waals surface area contributed by atoms with E-state index in [-0.39, 0.29) is 0 Å². The summed E-state index contributed by atoms with van der Waals surface area (Å²) in [5, 5.41) is 8.05. The molecule has 0 spiro atoms. The first-order valence-corrected chi connectivity index (χ1v) is 7.17. The van der Waals surface area contributed by atoms with Crippen LogP contribution >= 0.6 is 0 Å². The zero-order chi connectivity index (χ0) is 14.5. The quantitative estimate of drug-likeness (QED) is 0.754. The van der Waals surface area contributed by atoms with E-state index in [0.717, 1.165) is 30.1 Å². The number of nitrogens with one attached hydrogen (secondary N) is 1. The third-order valence-corrected chi connectivity index (χ3v) is 3.38. The van der Waals surface area contributed by atoms with Gasteiger partial charge in [0.1, 0.15) is 5.76 Å². The predicted octanol–water partition coefficient (Wildman–Crippen LogP) is 3.19. The van der Waals surface area contributed by atoms with Gasteiger partial charge in [0.2, 0.25) is 0 Å². The van der Waals surface area contributed by atoms with Crippen molar-refractivity contribution in [3.05, 3.63) is 72.4 Å². The minimum atomic E-state index is 0.345. The second-order valence-corrected chi connectivity index (χ2v) is 5.15. The Morgan fingerprint density at radius 1 is 1.14 bits per heavy atom. The Morgan fingerprint density at radius 3 is 2.76 bits per heavy atom. The van der Waals surface area contributed by atoms with Crippen LogP contribution in [-0.4, -0.2) is 15.8 Å². The summed E-state index contributed by atoms with van der Waals surface area (Å²) < 4.78 is 7.26. The maximum Gasteiger partial charge on any atom is 0.105 e. The molecule has 1 aromatic carbocycles. The van der Waals surface area contributed by atoms with E-state index >= 15 is 0 Å². The summed E-state index contributed by atoms with van der Waals surface area (Å²) in [7, 11) is 0. The second kappa shape index (κ2) is 6.41. The van der Waals surface area contributed by atoms with Crippen molar-refractivity contribution in [2.45, 2.75) is 25.9 Å². The van der Waals surface area contributed by atoms with E-state index in [9.17, 15) is 0 Å². The molecule has 108 valence electrons. The molecule has 0 radical (unpaired) electrons. The number of hydrogen-bond acceptors (Lipinski definition) is 3. The van der Waals surface area contributed by atoms with E-state index < -0.39 is 0 Å². The molecule has 0 fully saturated rings. The van der Waals surface area contributed by atoms with Crippen molar-refractivity contribution in [3.63, 3.8) is 0 Å². The molecule has 0 amide bonds. The highest BCUT2D eigenvalue weighted by atomic mass is 16.3. The Labute approximate surface area is 124 Å². The average Bonchev–Trinajstić information content (AvgIpc) is 3.17. The molecule has 3 rings (SSSR count). The van der Waals surface area contributed by atoms with Crippen molar-refractivity contribution in [2.75, 3.05) is 0 Å². The number of aromatic nitrogens is 2. The van der Waals surface area contributed by atoms with Gasteiger partial charge in [-0.3, -0.25) is 0 Å². The molecule has 4 heteroatoms. The van der Waals surface area contributed by atoms with E-state index in [1.165, 1.54) is 0 Å². The van der Waals surface area contributed by atoms with Crippen molar-refractivity contribution in [1.82, 2.24) is 15.1 Å². The minimum Gasteiger partial charge on any atom is -0.469 e. The molecule has 0 saturated carbocycles. The van der Waals surface area contributed by atoms with Gasteiger partial charge in [0.25, 0.3) is 0 Å². The van der Waals surface area contributed by atoms with Gasteiger partial charge in [0, 0.05) is 25.2 Å². The van der Waals surface area contributed by atoms with Crippen LogP contribution in [-0.2, 0) is 13.0 Å². The van der Waals surface area contributed by atoms with Crippen LogP contribution < -0.4 is 5.32 Å². The van der Waals surface area contributed by atoms with Gasteiger partial charge < -0.3 is 9.73 Å². The fourth-order valence-corrected chi connectivity index (χ4v) is 2.26. The summed E-state index contributed by atoms with van der Waals surface area (Å²) in [5.41, 5.74) is 2.11. The van der Waals surface area contributed by atoms with Gasteiger partial charge in [0.15, 0.2) is 0 Å². The lowest BCUT2D eigenvalue weighted by Gasteiger charge is -2.10. The molecule has 2 heterocycles. The molecule has 0 aliphatic rings. The van der Waals surface area contributed by atoms with Gasteiger partial charge in [-0.2, -0.15) is 5.10 Å². The van der Waals surface area contributed by atoms with Crippen molar-refractivity contribution in [3.8, 4) is 5.69 Å². The molecule has 0 aliphatic heterocycles. The summed E-state index contributed by atoms with van der Waals surface area (Å²) in [5.74, 6) is 1.00. The number of benzene rings is 1. The van der Waals surface area contributed by atoms with Gasteiger partial charge in [-0.15, -0.1) is 0 Å². The first kappa shape index (κ1) is 13.6. The number of nitrogens with zero attached hydrogens (tertiary/aromatic N) is 2. The largest absolute Gasteiger partial charge is 0.469 e. The minimum absolute atomic E-state index is 0.345. The number of rotatable bonds is 6. The first-order valence-electron chi connectivity index (χ1n) is 7.17. The third-order valence-electron chi connectivity index (χ3n) is 3.38. The van der Waals surface area contributed by atoms with Crippen LogP contribution in [0.5, 0.6) is 0 Å². The lowest BCUT2D eigenvalue weighted by Crippen LogP contribution is -2.27. The summed E-state index contributed by atoms with van der Waals surface area (Å²) in [6, 6.07) is 16.4. The van der Waals surface area contributed by atoms with E-state index in [4.69, 9.17) is 4.42 Å². The van der Waals surface area contributed by atoms with E-state index in [0.29, 0.717) is 6.04 Å². The molecule has 1 unspecified atom stereocenters. The zero-order valence-corrected chi connectivity index (χ0v) is 12.1. The van der Waals surface area contributed by atoms with Crippen LogP contribution in [0, 0.1) is 0 Å². The molecule has 2 aromatic heterocycles. The van der Waals surface area contributed by atoms with E-state index in [1.807, 2.05) is 59.4 Å². The Hall–Kier alpha value is -2.33. The molecule has 3 aromatic rings. The SMILES string of the molecule is CC(Cc1ccco1)NCc1ccn(-c2ccccc2)n1. The smallest absolute Gasteiger partial charge is 0.105 e. The average molecular weight is 281 g/mol. The maximum absolute atomic E-state index is 5.36. The monoisotopic (exact) mass is 281 g/mol. The summed E-state index contributed by atoms with van der Waals surface area (Å²) in [4.78, 5) is 0. The molecule has 0 bridgehead atoms. The Morgan fingerprint density at radius 2 is 2.00 bits per heavy atom. The molecule has 4 nitrogen and oxygen atoms in total. The molecule has 0 saturated heterocycles. The second-order valence-electron chi connectivity index (χ2n) is 5.15. The van der Waals surface area contributed by atoms with Gasteiger partial charge in [-0.25, -0.2) is 4.68 Å². The van der Waals surface area contributed by atoms with E-state index in [1.54, 1.807) is 6.26 Å². The normalized spacial score (nSPS) is 12.4. The van der Waals surface area contributed by atoms with Crippen molar-refractivity contribution in [2.24, 2.45) is 0 Å². The fraction of sp³-hybridized carbons (Fsp3) is 0.235. The summed E-state index contributed by atoms with van der Waals surface area (Å²) in [6.45, 7) is 2.90. The fourth-order valence-electron chi connectivity index (χ4n) is 2.26. The van der Waals surface area contributed by atoms with Crippen LogP contribution in [0.1, 0.15) is 18.4 Å². The van der Waals surface area contributed by atoms with Crippen LogP contribution in [0.25, 0.3) is 5.69 Å². The standard InChI is InChI=1S/C17H19N3O/c1-14(12-17-8-5-11-21-17)18-13-15-9-10-20(19-15)16-6-3-2-4-7-16/h2-11,14,18H,12-13H2,1H3. The molecule has 21 heavy (non-hydrogen) atoms. The lowest BCUT2D eigenvalue weighted by atomic mass is 10.2. The maximum atomic E-state index is 5.36. The van der Waals surface area contributed by atoms with Crippen LogP contribution in [0.4, 0.5) is 0 Å². The summed E-state index contributed by atoms with van der Waals surface area (Å²) >= 11 is 0.